The van der Waals surface area contributed by atoms with Gasteiger partial charge in [-0.3, -0.25) is 4.79 Å². The molecule has 118 valence electrons. The Labute approximate surface area is 137 Å². The third kappa shape index (κ3) is 3.35. The molecule has 0 unspecified atom stereocenters. The van der Waals surface area contributed by atoms with Crippen LogP contribution in [0.15, 0.2) is 42.5 Å². The summed E-state index contributed by atoms with van der Waals surface area (Å²) in [5.41, 5.74) is 2.40. The highest BCUT2D eigenvalue weighted by atomic mass is 35.5. The number of halogens is 2. The average Bonchev–Trinajstić information content (AvgIpc) is 2.84. The molecule has 0 aliphatic carbocycles. The lowest BCUT2D eigenvalue weighted by Gasteiger charge is -2.08. The number of aryl methyl sites for hydroxylation is 2. The molecule has 2 aromatic carbocycles. The average molecular weight is 332 g/mol. The maximum atomic E-state index is 13.1. The Morgan fingerprint density at radius 1 is 1.30 bits per heavy atom. The molecule has 3 aromatic rings. The summed E-state index contributed by atoms with van der Waals surface area (Å²) in [4.78, 5) is 16.5. The van der Waals surface area contributed by atoms with Gasteiger partial charge in [0.05, 0.1) is 16.1 Å². The highest BCUT2D eigenvalue weighted by Gasteiger charge is 2.10. The fourth-order valence-corrected chi connectivity index (χ4v) is 2.67. The van der Waals surface area contributed by atoms with Crippen molar-refractivity contribution in [2.24, 2.45) is 0 Å². The molecule has 0 aliphatic rings. The monoisotopic (exact) mass is 331 g/mol. The number of anilines is 1. The Kier molecular flexibility index (Phi) is 4.30. The molecule has 0 aliphatic heterocycles. The van der Waals surface area contributed by atoms with Crippen molar-refractivity contribution in [2.75, 3.05) is 5.32 Å². The summed E-state index contributed by atoms with van der Waals surface area (Å²) in [6.07, 6.45) is 0.288. The summed E-state index contributed by atoms with van der Waals surface area (Å²) < 4.78 is 15.1. The van der Waals surface area contributed by atoms with Crippen molar-refractivity contribution in [3.63, 3.8) is 0 Å². The van der Waals surface area contributed by atoms with E-state index in [9.17, 15) is 9.18 Å². The number of fused-ring (bicyclic) bond motifs is 1. The van der Waals surface area contributed by atoms with E-state index in [0.717, 1.165) is 16.9 Å². The molecule has 1 aromatic heterocycles. The number of carbonyl (C=O) groups is 1. The van der Waals surface area contributed by atoms with Crippen LogP contribution in [-0.2, 0) is 11.3 Å². The molecule has 3 rings (SSSR count). The minimum absolute atomic E-state index is 0.0146. The minimum atomic E-state index is -0.509. The SMILES string of the molecule is Cc1nc2ccccc2n1CCC(=O)Nc1ccc(F)c(Cl)c1. The summed E-state index contributed by atoms with van der Waals surface area (Å²) in [5.74, 6) is 0.193. The molecule has 6 heteroatoms. The molecular formula is C17H15ClFN3O. The second kappa shape index (κ2) is 6.38. The van der Waals surface area contributed by atoms with Crippen LogP contribution >= 0.6 is 11.6 Å². The number of carbonyl (C=O) groups excluding carboxylic acids is 1. The Bertz CT molecular complexity index is 875. The third-order valence-corrected chi connectivity index (χ3v) is 3.90. The van der Waals surface area contributed by atoms with Gasteiger partial charge in [0, 0.05) is 18.7 Å². The molecule has 0 spiro atoms. The Balaban J connectivity index is 1.68. The molecule has 1 amide bonds. The number of nitrogens with one attached hydrogen (secondary N) is 1. The molecule has 1 heterocycles. The summed E-state index contributed by atoms with van der Waals surface area (Å²) in [7, 11) is 0. The van der Waals surface area contributed by atoms with E-state index in [4.69, 9.17) is 11.6 Å². The van der Waals surface area contributed by atoms with Crippen LogP contribution in [0.5, 0.6) is 0 Å². The number of imidazole rings is 1. The lowest BCUT2D eigenvalue weighted by molar-refractivity contribution is -0.116. The lowest BCUT2D eigenvalue weighted by atomic mass is 10.3. The van der Waals surface area contributed by atoms with E-state index < -0.39 is 5.82 Å². The molecule has 23 heavy (non-hydrogen) atoms. The molecular weight excluding hydrogens is 317 g/mol. The second-order valence-electron chi connectivity index (χ2n) is 5.23. The van der Waals surface area contributed by atoms with Crippen molar-refractivity contribution in [1.29, 1.82) is 0 Å². The van der Waals surface area contributed by atoms with E-state index in [2.05, 4.69) is 10.3 Å². The van der Waals surface area contributed by atoms with Crippen molar-refractivity contribution >= 4 is 34.2 Å². The van der Waals surface area contributed by atoms with E-state index in [1.807, 2.05) is 35.8 Å². The highest BCUT2D eigenvalue weighted by Crippen LogP contribution is 2.20. The molecule has 4 nitrogen and oxygen atoms in total. The van der Waals surface area contributed by atoms with Crippen LogP contribution in [0, 0.1) is 12.7 Å². The van der Waals surface area contributed by atoms with Gasteiger partial charge in [0.25, 0.3) is 0 Å². The van der Waals surface area contributed by atoms with Crippen LogP contribution in [0.1, 0.15) is 12.2 Å². The van der Waals surface area contributed by atoms with Crippen LogP contribution in [-0.4, -0.2) is 15.5 Å². The van der Waals surface area contributed by atoms with E-state index in [1.165, 1.54) is 18.2 Å². The molecule has 0 saturated carbocycles. The Morgan fingerprint density at radius 2 is 2.09 bits per heavy atom. The summed E-state index contributed by atoms with van der Waals surface area (Å²) in [5, 5.41) is 2.70. The molecule has 0 fully saturated rings. The number of nitrogens with zero attached hydrogens (tertiary/aromatic N) is 2. The lowest BCUT2D eigenvalue weighted by Crippen LogP contribution is -2.15. The van der Waals surface area contributed by atoms with E-state index in [1.54, 1.807) is 0 Å². The molecule has 0 bridgehead atoms. The van der Waals surface area contributed by atoms with Crippen molar-refractivity contribution in [3.05, 3.63) is 59.1 Å². The zero-order valence-electron chi connectivity index (χ0n) is 12.5. The number of hydrogen-bond donors (Lipinski definition) is 1. The van der Waals surface area contributed by atoms with Crippen LogP contribution in [0.4, 0.5) is 10.1 Å². The zero-order valence-corrected chi connectivity index (χ0v) is 13.3. The number of hydrogen-bond acceptors (Lipinski definition) is 2. The number of aromatic nitrogens is 2. The van der Waals surface area contributed by atoms with E-state index in [0.29, 0.717) is 12.2 Å². The maximum Gasteiger partial charge on any atom is 0.226 e. The number of para-hydroxylation sites is 2. The standard InChI is InChI=1S/C17H15ClFN3O/c1-11-20-15-4-2-3-5-16(15)22(11)9-8-17(23)21-12-6-7-14(19)13(18)10-12/h2-7,10H,8-9H2,1H3,(H,21,23). The van der Waals surface area contributed by atoms with E-state index in [-0.39, 0.29) is 17.4 Å². The number of amides is 1. The third-order valence-electron chi connectivity index (χ3n) is 3.61. The van der Waals surface area contributed by atoms with Gasteiger partial charge in [0.15, 0.2) is 0 Å². The van der Waals surface area contributed by atoms with Crippen molar-refractivity contribution in [3.8, 4) is 0 Å². The van der Waals surface area contributed by atoms with Gasteiger partial charge in [0.1, 0.15) is 11.6 Å². The predicted molar refractivity (Wildman–Crippen MR) is 89.1 cm³/mol. The van der Waals surface area contributed by atoms with Gasteiger partial charge in [0.2, 0.25) is 5.91 Å². The van der Waals surface area contributed by atoms with Crippen molar-refractivity contribution in [2.45, 2.75) is 19.9 Å². The topological polar surface area (TPSA) is 46.9 Å². The second-order valence-corrected chi connectivity index (χ2v) is 5.63. The predicted octanol–water partition coefficient (Wildman–Crippen LogP) is 4.17. The van der Waals surface area contributed by atoms with Crippen LogP contribution in [0.3, 0.4) is 0 Å². The highest BCUT2D eigenvalue weighted by molar-refractivity contribution is 6.31. The summed E-state index contributed by atoms with van der Waals surface area (Å²) in [6.45, 7) is 2.44. The Hall–Kier alpha value is -2.40. The maximum absolute atomic E-state index is 13.1. The molecule has 0 saturated heterocycles. The fraction of sp³-hybridized carbons (Fsp3) is 0.176. The first-order valence-electron chi connectivity index (χ1n) is 7.21. The van der Waals surface area contributed by atoms with Gasteiger partial charge in [-0.25, -0.2) is 9.37 Å². The van der Waals surface area contributed by atoms with Gasteiger partial charge in [-0.1, -0.05) is 23.7 Å². The first kappa shape index (κ1) is 15.5. The zero-order chi connectivity index (χ0) is 16.4. The fourth-order valence-electron chi connectivity index (χ4n) is 2.49. The quantitative estimate of drug-likeness (QED) is 0.780. The van der Waals surface area contributed by atoms with Gasteiger partial charge >= 0.3 is 0 Å². The normalized spacial score (nSPS) is 10.9. The first-order chi connectivity index (χ1) is 11.0. The summed E-state index contributed by atoms with van der Waals surface area (Å²) >= 11 is 5.70. The van der Waals surface area contributed by atoms with Gasteiger partial charge in [-0.15, -0.1) is 0 Å². The summed E-state index contributed by atoms with van der Waals surface area (Å²) in [6, 6.07) is 11.9. The van der Waals surface area contributed by atoms with Crippen molar-refractivity contribution < 1.29 is 9.18 Å². The molecule has 1 N–H and O–H groups in total. The number of benzene rings is 2. The van der Waals surface area contributed by atoms with Gasteiger partial charge in [-0.05, 0) is 37.3 Å². The van der Waals surface area contributed by atoms with Gasteiger partial charge < -0.3 is 9.88 Å². The van der Waals surface area contributed by atoms with E-state index >= 15 is 0 Å². The van der Waals surface area contributed by atoms with Crippen LogP contribution < -0.4 is 5.32 Å². The van der Waals surface area contributed by atoms with Gasteiger partial charge in [-0.2, -0.15) is 0 Å². The van der Waals surface area contributed by atoms with Crippen LogP contribution in [0.2, 0.25) is 5.02 Å². The largest absolute Gasteiger partial charge is 0.328 e. The minimum Gasteiger partial charge on any atom is -0.328 e. The van der Waals surface area contributed by atoms with Crippen LogP contribution in [0.25, 0.3) is 11.0 Å². The number of rotatable bonds is 4. The van der Waals surface area contributed by atoms with Crippen molar-refractivity contribution in [1.82, 2.24) is 9.55 Å². The Morgan fingerprint density at radius 3 is 2.87 bits per heavy atom. The smallest absolute Gasteiger partial charge is 0.226 e. The first-order valence-corrected chi connectivity index (χ1v) is 7.59. The molecule has 0 atom stereocenters. The molecule has 0 radical (unpaired) electrons.